The van der Waals surface area contributed by atoms with E-state index in [2.05, 4.69) is 30.9 Å². The normalized spacial score (nSPS) is 10.1. The third kappa shape index (κ3) is 1.51. The first-order valence-corrected chi connectivity index (χ1v) is 4.85. The standard InChI is InChI=1S/C7H4BrN3S/c8-6-2-1-5(12-6)7-10-3-9-4-11-7/h1-4H. The fourth-order valence-electron chi connectivity index (χ4n) is 0.801. The third-order valence-electron chi connectivity index (χ3n) is 1.29. The van der Waals surface area contributed by atoms with Crippen molar-refractivity contribution in [2.24, 2.45) is 0 Å². The van der Waals surface area contributed by atoms with Crippen LogP contribution in [0.25, 0.3) is 10.7 Å². The highest BCUT2D eigenvalue weighted by atomic mass is 79.9. The van der Waals surface area contributed by atoms with Crippen molar-refractivity contribution in [3.8, 4) is 10.7 Å². The maximum atomic E-state index is 4.03. The van der Waals surface area contributed by atoms with E-state index in [1.165, 1.54) is 12.7 Å². The lowest BCUT2D eigenvalue weighted by molar-refractivity contribution is 1.06. The molecular weight excluding hydrogens is 238 g/mol. The molecule has 2 aromatic rings. The molecule has 0 amide bonds. The predicted octanol–water partition coefficient (Wildman–Crippen LogP) is 2.36. The average Bonchev–Trinajstić information content (AvgIpc) is 2.54. The monoisotopic (exact) mass is 241 g/mol. The molecule has 2 heterocycles. The van der Waals surface area contributed by atoms with Crippen molar-refractivity contribution in [1.29, 1.82) is 0 Å². The Bertz CT molecular complexity index is 373. The van der Waals surface area contributed by atoms with Gasteiger partial charge < -0.3 is 0 Å². The number of thiophene rings is 1. The van der Waals surface area contributed by atoms with Gasteiger partial charge in [-0.2, -0.15) is 0 Å². The lowest BCUT2D eigenvalue weighted by atomic mass is 10.4. The Morgan fingerprint density at radius 1 is 1.17 bits per heavy atom. The van der Waals surface area contributed by atoms with Crippen molar-refractivity contribution in [2.75, 3.05) is 0 Å². The van der Waals surface area contributed by atoms with Crippen LogP contribution in [0.15, 0.2) is 28.6 Å². The van der Waals surface area contributed by atoms with Gasteiger partial charge in [-0.05, 0) is 28.1 Å². The molecule has 0 saturated carbocycles. The van der Waals surface area contributed by atoms with E-state index in [1.807, 2.05) is 12.1 Å². The minimum Gasteiger partial charge on any atom is -0.225 e. The molecule has 2 rings (SSSR count). The average molecular weight is 242 g/mol. The van der Waals surface area contributed by atoms with Crippen molar-refractivity contribution in [2.45, 2.75) is 0 Å². The van der Waals surface area contributed by atoms with Crippen LogP contribution in [0, 0.1) is 0 Å². The third-order valence-corrected chi connectivity index (χ3v) is 2.91. The SMILES string of the molecule is Brc1ccc(-c2ncncn2)s1. The van der Waals surface area contributed by atoms with Gasteiger partial charge >= 0.3 is 0 Å². The van der Waals surface area contributed by atoms with E-state index in [4.69, 9.17) is 0 Å². The first kappa shape index (κ1) is 7.82. The van der Waals surface area contributed by atoms with Gasteiger partial charge in [-0.1, -0.05) is 0 Å². The molecular formula is C7H4BrN3S. The molecule has 0 aliphatic rings. The summed E-state index contributed by atoms with van der Waals surface area (Å²) < 4.78 is 1.08. The molecule has 0 aromatic carbocycles. The van der Waals surface area contributed by atoms with Gasteiger partial charge in [0, 0.05) is 0 Å². The van der Waals surface area contributed by atoms with Crippen molar-refractivity contribution in [3.63, 3.8) is 0 Å². The van der Waals surface area contributed by atoms with Crippen molar-refractivity contribution >= 4 is 27.3 Å². The zero-order valence-electron chi connectivity index (χ0n) is 5.94. The molecule has 60 valence electrons. The van der Waals surface area contributed by atoms with Gasteiger partial charge in [-0.25, -0.2) is 15.0 Å². The fourth-order valence-corrected chi connectivity index (χ4v) is 2.14. The van der Waals surface area contributed by atoms with Gasteiger partial charge in [0.15, 0.2) is 5.82 Å². The smallest absolute Gasteiger partial charge is 0.172 e. The van der Waals surface area contributed by atoms with Crippen LogP contribution in [0.2, 0.25) is 0 Å². The predicted molar refractivity (Wildman–Crippen MR) is 50.8 cm³/mol. The molecule has 0 aliphatic carbocycles. The topological polar surface area (TPSA) is 38.7 Å². The highest BCUT2D eigenvalue weighted by Gasteiger charge is 2.02. The number of rotatable bonds is 1. The van der Waals surface area contributed by atoms with E-state index in [0.717, 1.165) is 14.5 Å². The van der Waals surface area contributed by atoms with E-state index in [9.17, 15) is 0 Å². The largest absolute Gasteiger partial charge is 0.225 e. The Morgan fingerprint density at radius 3 is 2.50 bits per heavy atom. The Morgan fingerprint density at radius 2 is 1.92 bits per heavy atom. The first-order valence-electron chi connectivity index (χ1n) is 3.24. The van der Waals surface area contributed by atoms with Crippen LogP contribution in [0.4, 0.5) is 0 Å². The molecule has 2 aromatic heterocycles. The van der Waals surface area contributed by atoms with Crippen LogP contribution in [0.1, 0.15) is 0 Å². The highest BCUT2D eigenvalue weighted by Crippen LogP contribution is 2.28. The lowest BCUT2D eigenvalue weighted by Crippen LogP contribution is -1.85. The van der Waals surface area contributed by atoms with E-state index in [-0.39, 0.29) is 0 Å². The van der Waals surface area contributed by atoms with Crippen molar-refractivity contribution in [1.82, 2.24) is 15.0 Å². The van der Waals surface area contributed by atoms with Gasteiger partial charge in [0.05, 0.1) is 8.66 Å². The van der Waals surface area contributed by atoms with E-state index < -0.39 is 0 Å². The summed E-state index contributed by atoms with van der Waals surface area (Å²) in [4.78, 5) is 12.9. The van der Waals surface area contributed by atoms with Crippen LogP contribution < -0.4 is 0 Å². The van der Waals surface area contributed by atoms with Crippen molar-refractivity contribution < 1.29 is 0 Å². The summed E-state index contributed by atoms with van der Waals surface area (Å²) in [6, 6.07) is 3.95. The van der Waals surface area contributed by atoms with Crippen LogP contribution >= 0.6 is 27.3 Å². The summed E-state index contributed by atoms with van der Waals surface area (Å²) in [6.45, 7) is 0. The summed E-state index contributed by atoms with van der Waals surface area (Å²) in [5.41, 5.74) is 0. The van der Waals surface area contributed by atoms with Crippen LogP contribution in [-0.4, -0.2) is 15.0 Å². The molecule has 0 unspecified atom stereocenters. The molecule has 0 N–H and O–H groups in total. The summed E-state index contributed by atoms with van der Waals surface area (Å²) in [6.07, 6.45) is 2.99. The molecule has 3 nitrogen and oxygen atoms in total. The molecule has 12 heavy (non-hydrogen) atoms. The summed E-state index contributed by atoms with van der Waals surface area (Å²) in [5.74, 6) is 0.723. The maximum Gasteiger partial charge on any atom is 0.172 e. The van der Waals surface area contributed by atoms with Gasteiger partial charge in [0.25, 0.3) is 0 Å². The summed E-state index contributed by atoms with van der Waals surface area (Å²) >= 11 is 4.98. The molecule has 0 bridgehead atoms. The molecule has 5 heteroatoms. The molecule has 0 radical (unpaired) electrons. The minimum atomic E-state index is 0.723. The number of aromatic nitrogens is 3. The van der Waals surface area contributed by atoms with E-state index in [0.29, 0.717) is 0 Å². The van der Waals surface area contributed by atoms with Crippen LogP contribution in [0.3, 0.4) is 0 Å². The van der Waals surface area contributed by atoms with Crippen LogP contribution in [0.5, 0.6) is 0 Å². The van der Waals surface area contributed by atoms with Gasteiger partial charge in [-0.3, -0.25) is 0 Å². The lowest BCUT2D eigenvalue weighted by Gasteiger charge is -1.90. The molecule has 0 aliphatic heterocycles. The molecule has 0 spiro atoms. The first-order chi connectivity index (χ1) is 5.86. The Kier molecular flexibility index (Phi) is 2.14. The van der Waals surface area contributed by atoms with E-state index in [1.54, 1.807) is 11.3 Å². The zero-order valence-corrected chi connectivity index (χ0v) is 8.34. The maximum absolute atomic E-state index is 4.03. The highest BCUT2D eigenvalue weighted by molar-refractivity contribution is 9.11. The quantitative estimate of drug-likeness (QED) is 0.770. The Balaban J connectivity index is 2.45. The Hall–Kier alpha value is -0.810. The zero-order chi connectivity index (χ0) is 8.39. The van der Waals surface area contributed by atoms with E-state index >= 15 is 0 Å². The minimum absolute atomic E-state index is 0.723. The number of hydrogen-bond donors (Lipinski definition) is 0. The Labute approximate surface area is 81.7 Å². The second-order valence-corrected chi connectivity index (χ2v) is 4.53. The number of nitrogens with zero attached hydrogens (tertiary/aromatic N) is 3. The van der Waals surface area contributed by atoms with Gasteiger partial charge in [0.2, 0.25) is 0 Å². The molecule has 0 atom stereocenters. The second-order valence-electron chi connectivity index (χ2n) is 2.07. The summed E-state index contributed by atoms with van der Waals surface area (Å²) in [7, 11) is 0. The second kappa shape index (κ2) is 3.28. The summed E-state index contributed by atoms with van der Waals surface area (Å²) in [5, 5.41) is 0. The van der Waals surface area contributed by atoms with Crippen molar-refractivity contribution in [3.05, 3.63) is 28.6 Å². The van der Waals surface area contributed by atoms with Crippen LogP contribution in [-0.2, 0) is 0 Å². The fraction of sp³-hybridized carbons (Fsp3) is 0. The molecule has 0 saturated heterocycles. The molecule has 0 fully saturated rings. The van der Waals surface area contributed by atoms with Gasteiger partial charge in [0.1, 0.15) is 12.7 Å². The van der Waals surface area contributed by atoms with Gasteiger partial charge in [-0.15, -0.1) is 11.3 Å². The number of hydrogen-bond acceptors (Lipinski definition) is 4. The number of halogens is 1.